The van der Waals surface area contributed by atoms with Crippen LogP contribution < -0.4 is 5.09 Å². The number of rotatable bonds is 6. The molecule has 0 aliphatic carbocycles. The minimum absolute atomic E-state index is 0.146. The fourth-order valence-electron chi connectivity index (χ4n) is 0.625. The van der Waals surface area contributed by atoms with Crippen molar-refractivity contribution in [1.82, 2.24) is 5.09 Å². The molecule has 0 unspecified atom stereocenters. The lowest BCUT2D eigenvalue weighted by Gasteiger charge is -2.17. The van der Waals surface area contributed by atoms with E-state index >= 15 is 0 Å². The summed E-state index contributed by atoms with van der Waals surface area (Å²) in [6.45, 7) is 3.53. The predicted octanol–water partition coefficient (Wildman–Crippen LogP) is 2.09. The molecular formula is C6H12Cl2NO4P. The van der Waals surface area contributed by atoms with E-state index in [-0.39, 0.29) is 13.2 Å². The molecule has 0 saturated heterocycles. The molecule has 14 heavy (non-hydrogen) atoms. The van der Waals surface area contributed by atoms with Gasteiger partial charge < -0.3 is 0 Å². The molecule has 0 rings (SSSR count). The smallest absolute Gasteiger partial charge is 0.293 e. The lowest BCUT2D eigenvalue weighted by atomic mass is 10.8. The van der Waals surface area contributed by atoms with E-state index in [2.05, 4.69) is 0 Å². The van der Waals surface area contributed by atoms with Gasteiger partial charge in [0.05, 0.1) is 13.2 Å². The Morgan fingerprint density at radius 3 is 2.07 bits per heavy atom. The Kier molecular flexibility index (Phi) is 6.74. The van der Waals surface area contributed by atoms with Crippen molar-refractivity contribution in [2.45, 2.75) is 18.7 Å². The highest BCUT2D eigenvalue weighted by atomic mass is 35.5. The van der Waals surface area contributed by atoms with Gasteiger partial charge in [-0.2, -0.15) is 0 Å². The molecule has 1 amide bonds. The maximum Gasteiger partial charge on any atom is 0.434 e. The summed E-state index contributed by atoms with van der Waals surface area (Å²) in [5, 5.41) is 2.00. The minimum Gasteiger partial charge on any atom is -0.293 e. The molecule has 0 aromatic rings. The summed E-state index contributed by atoms with van der Waals surface area (Å²) in [7, 11) is -3.60. The monoisotopic (exact) mass is 263 g/mol. The van der Waals surface area contributed by atoms with Crippen LogP contribution in [-0.2, 0) is 18.4 Å². The Hall–Kier alpha value is 0.200. The average molecular weight is 264 g/mol. The Morgan fingerprint density at radius 2 is 1.79 bits per heavy atom. The standard InChI is InChI=1S/C6H12Cl2NO4P/c1-3-12-14(11,13-4-2)9-6(10)5(7)8/h5H,3-4H2,1-2H3,(H,9,10,11). The molecule has 0 bridgehead atoms. The van der Waals surface area contributed by atoms with Crippen molar-refractivity contribution >= 4 is 36.9 Å². The maximum absolute atomic E-state index is 11.6. The summed E-state index contributed by atoms with van der Waals surface area (Å²) in [6, 6.07) is 0. The van der Waals surface area contributed by atoms with Crippen LogP contribution in [0, 0.1) is 0 Å². The summed E-state index contributed by atoms with van der Waals surface area (Å²) in [6.07, 6.45) is 0. The van der Waals surface area contributed by atoms with Crippen molar-refractivity contribution in [2.75, 3.05) is 13.2 Å². The first-order valence-electron chi connectivity index (χ1n) is 3.94. The molecule has 0 spiro atoms. The van der Waals surface area contributed by atoms with Crippen LogP contribution in [0.25, 0.3) is 0 Å². The first-order valence-corrected chi connectivity index (χ1v) is 6.36. The predicted molar refractivity (Wildman–Crippen MR) is 54.5 cm³/mol. The van der Waals surface area contributed by atoms with Crippen molar-refractivity contribution in [3.05, 3.63) is 0 Å². The maximum atomic E-state index is 11.6. The molecule has 0 aromatic carbocycles. The number of nitrogens with one attached hydrogen (secondary N) is 1. The Morgan fingerprint density at radius 1 is 1.36 bits per heavy atom. The fraction of sp³-hybridized carbons (Fsp3) is 0.833. The van der Waals surface area contributed by atoms with Gasteiger partial charge in [-0.1, -0.05) is 23.2 Å². The van der Waals surface area contributed by atoms with Crippen LogP contribution in [0.4, 0.5) is 0 Å². The third-order valence-electron chi connectivity index (χ3n) is 1.04. The first-order chi connectivity index (χ1) is 6.45. The van der Waals surface area contributed by atoms with Gasteiger partial charge in [0.15, 0.2) is 4.84 Å². The molecule has 0 heterocycles. The van der Waals surface area contributed by atoms with Gasteiger partial charge in [-0.05, 0) is 13.8 Å². The van der Waals surface area contributed by atoms with Crippen LogP contribution in [-0.4, -0.2) is 24.0 Å². The zero-order valence-electron chi connectivity index (χ0n) is 7.83. The van der Waals surface area contributed by atoms with E-state index < -0.39 is 18.5 Å². The second-order valence-electron chi connectivity index (χ2n) is 2.11. The van der Waals surface area contributed by atoms with Crippen LogP contribution in [0.15, 0.2) is 0 Å². The van der Waals surface area contributed by atoms with Crippen LogP contribution in [0.1, 0.15) is 13.8 Å². The van der Waals surface area contributed by atoms with Gasteiger partial charge in [-0.15, -0.1) is 0 Å². The third kappa shape index (κ3) is 5.17. The number of carbonyl (C=O) groups excluding carboxylic acids is 1. The van der Waals surface area contributed by atoms with Crippen LogP contribution in [0.5, 0.6) is 0 Å². The molecule has 1 N–H and O–H groups in total. The molecular weight excluding hydrogens is 252 g/mol. The lowest BCUT2D eigenvalue weighted by Crippen LogP contribution is -2.27. The molecule has 84 valence electrons. The van der Waals surface area contributed by atoms with E-state index in [1.807, 2.05) is 5.09 Å². The van der Waals surface area contributed by atoms with E-state index in [1.54, 1.807) is 13.8 Å². The van der Waals surface area contributed by atoms with Gasteiger partial charge >= 0.3 is 7.75 Å². The zero-order chi connectivity index (χ0) is 11.2. The second-order valence-corrected chi connectivity index (χ2v) is 4.94. The molecule has 0 atom stereocenters. The number of alkyl halides is 2. The first kappa shape index (κ1) is 14.2. The molecule has 0 fully saturated rings. The SMILES string of the molecule is CCOP(=O)(NC(=O)C(Cl)Cl)OCC. The highest BCUT2D eigenvalue weighted by molar-refractivity contribution is 7.52. The van der Waals surface area contributed by atoms with Crippen LogP contribution in [0.3, 0.4) is 0 Å². The third-order valence-corrected chi connectivity index (χ3v) is 3.13. The van der Waals surface area contributed by atoms with Gasteiger partial charge in [-0.3, -0.25) is 18.9 Å². The fourth-order valence-corrected chi connectivity index (χ4v) is 2.17. The molecule has 0 aliphatic heterocycles. The Labute approximate surface area is 92.6 Å². The lowest BCUT2D eigenvalue weighted by molar-refractivity contribution is -0.118. The van der Waals surface area contributed by atoms with Crippen LogP contribution in [0.2, 0.25) is 0 Å². The quantitative estimate of drug-likeness (QED) is 0.589. The van der Waals surface area contributed by atoms with E-state index in [4.69, 9.17) is 32.2 Å². The minimum atomic E-state index is -3.60. The second kappa shape index (κ2) is 6.64. The summed E-state index contributed by atoms with van der Waals surface area (Å²) >= 11 is 10.5. The zero-order valence-corrected chi connectivity index (χ0v) is 10.2. The largest absolute Gasteiger partial charge is 0.434 e. The molecule has 0 saturated carbocycles. The molecule has 0 aromatic heterocycles. The van der Waals surface area contributed by atoms with Gasteiger partial charge in [0.1, 0.15) is 0 Å². The molecule has 0 radical (unpaired) electrons. The van der Waals surface area contributed by atoms with Crippen molar-refractivity contribution in [2.24, 2.45) is 0 Å². The summed E-state index contributed by atoms with van der Waals surface area (Å²) < 4.78 is 21.2. The van der Waals surface area contributed by atoms with Crippen molar-refractivity contribution < 1.29 is 18.4 Å². The summed E-state index contributed by atoms with van der Waals surface area (Å²) in [5.41, 5.74) is 0. The summed E-state index contributed by atoms with van der Waals surface area (Å²) in [5.74, 6) is -0.807. The number of carbonyl (C=O) groups is 1. The Bertz CT molecular complexity index is 226. The number of amides is 1. The van der Waals surface area contributed by atoms with Gasteiger partial charge in [-0.25, -0.2) is 4.57 Å². The van der Waals surface area contributed by atoms with E-state index in [9.17, 15) is 9.36 Å². The van der Waals surface area contributed by atoms with Crippen molar-refractivity contribution in [1.29, 1.82) is 0 Å². The summed E-state index contributed by atoms with van der Waals surface area (Å²) in [4.78, 5) is 9.70. The van der Waals surface area contributed by atoms with Gasteiger partial charge in [0.25, 0.3) is 5.91 Å². The average Bonchev–Trinajstić information content (AvgIpc) is 2.04. The number of hydrogen-bond acceptors (Lipinski definition) is 4. The van der Waals surface area contributed by atoms with Gasteiger partial charge in [0.2, 0.25) is 0 Å². The number of halogens is 2. The van der Waals surface area contributed by atoms with E-state index in [1.165, 1.54) is 0 Å². The molecule has 5 nitrogen and oxygen atoms in total. The highest BCUT2D eigenvalue weighted by Gasteiger charge is 2.28. The number of hydrogen-bond donors (Lipinski definition) is 1. The highest BCUT2D eigenvalue weighted by Crippen LogP contribution is 2.43. The van der Waals surface area contributed by atoms with Crippen molar-refractivity contribution in [3.8, 4) is 0 Å². The van der Waals surface area contributed by atoms with Crippen LogP contribution >= 0.6 is 30.9 Å². The van der Waals surface area contributed by atoms with Crippen molar-refractivity contribution in [3.63, 3.8) is 0 Å². The van der Waals surface area contributed by atoms with E-state index in [0.717, 1.165) is 0 Å². The molecule has 0 aliphatic rings. The van der Waals surface area contributed by atoms with Gasteiger partial charge in [0, 0.05) is 0 Å². The Balaban J connectivity index is 4.36. The topological polar surface area (TPSA) is 64.6 Å². The van der Waals surface area contributed by atoms with E-state index in [0.29, 0.717) is 0 Å². The molecule has 8 heteroatoms. The normalized spacial score (nSPS) is 11.8.